The van der Waals surface area contributed by atoms with Crippen molar-refractivity contribution < 1.29 is 27.8 Å². The Labute approximate surface area is 187 Å². The number of hydrogen-bond acceptors (Lipinski definition) is 5. The molecule has 1 fully saturated rings. The largest absolute Gasteiger partial charge is 0.497 e. The number of rotatable bonds is 8. The first-order valence-corrected chi connectivity index (χ1v) is 10.6. The van der Waals surface area contributed by atoms with E-state index in [1.54, 1.807) is 32.2 Å². The smallest absolute Gasteiger partial charge is 0.387 e. The van der Waals surface area contributed by atoms with Crippen molar-refractivity contribution in [1.82, 2.24) is 4.90 Å². The zero-order valence-corrected chi connectivity index (χ0v) is 18.3. The van der Waals surface area contributed by atoms with Gasteiger partial charge < -0.3 is 24.0 Å². The SMILES string of the molecule is CCOc1cc(/C=C/C(=O)N2CCCN(c3ccc(OC)cc3)CC2)ccc1OC(F)F. The normalized spacial score (nSPS) is 14.5. The van der Waals surface area contributed by atoms with Crippen molar-refractivity contribution in [3.63, 3.8) is 0 Å². The van der Waals surface area contributed by atoms with Crippen LogP contribution in [0.25, 0.3) is 6.08 Å². The van der Waals surface area contributed by atoms with E-state index < -0.39 is 6.61 Å². The van der Waals surface area contributed by atoms with Crippen LogP contribution in [0.1, 0.15) is 18.9 Å². The molecule has 1 heterocycles. The van der Waals surface area contributed by atoms with Gasteiger partial charge in [0.1, 0.15) is 5.75 Å². The predicted octanol–water partition coefficient (Wildman–Crippen LogP) is 4.45. The van der Waals surface area contributed by atoms with Crippen molar-refractivity contribution in [2.75, 3.05) is 44.8 Å². The first-order chi connectivity index (χ1) is 15.5. The molecule has 1 aliphatic rings. The van der Waals surface area contributed by atoms with Crippen LogP contribution in [0.2, 0.25) is 0 Å². The van der Waals surface area contributed by atoms with Gasteiger partial charge in [0.25, 0.3) is 0 Å². The maximum atomic E-state index is 12.7. The van der Waals surface area contributed by atoms with Gasteiger partial charge in [-0.15, -0.1) is 0 Å². The topological polar surface area (TPSA) is 51.2 Å². The Morgan fingerprint density at radius 1 is 1.06 bits per heavy atom. The van der Waals surface area contributed by atoms with E-state index in [0.717, 1.165) is 30.9 Å². The molecule has 32 heavy (non-hydrogen) atoms. The van der Waals surface area contributed by atoms with Crippen LogP contribution in [0.15, 0.2) is 48.5 Å². The molecular weight excluding hydrogens is 418 g/mol. The molecule has 3 rings (SSSR count). The van der Waals surface area contributed by atoms with E-state index in [4.69, 9.17) is 9.47 Å². The average Bonchev–Trinajstić information content (AvgIpc) is 3.05. The summed E-state index contributed by atoms with van der Waals surface area (Å²) in [5.74, 6) is 0.906. The minimum atomic E-state index is -2.93. The predicted molar refractivity (Wildman–Crippen MR) is 120 cm³/mol. The minimum absolute atomic E-state index is 0.0310. The lowest BCUT2D eigenvalue weighted by atomic mass is 10.2. The molecule has 1 saturated heterocycles. The van der Waals surface area contributed by atoms with E-state index >= 15 is 0 Å². The summed E-state index contributed by atoms with van der Waals surface area (Å²) in [5, 5.41) is 0. The summed E-state index contributed by atoms with van der Waals surface area (Å²) in [6.45, 7) is 2.01. The quantitative estimate of drug-likeness (QED) is 0.561. The van der Waals surface area contributed by atoms with Gasteiger partial charge >= 0.3 is 6.61 Å². The second kappa shape index (κ2) is 11.4. The molecule has 0 aliphatic carbocycles. The summed E-state index contributed by atoms with van der Waals surface area (Å²) in [6, 6.07) is 12.5. The maximum Gasteiger partial charge on any atom is 0.387 e. The second-order valence-corrected chi connectivity index (χ2v) is 7.21. The number of amides is 1. The molecule has 0 saturated carbocycles. The monoisotopic (exact) mass is 446 g/mol. The molecule has 0 bridgehead atoms. The highest BCUT2D eigenvalue weighted by Gasteiger charge is 2.18. The number of nitrogens with zero attached hydrogens (tertiary/aromatic N) is 2. The molecule has 2 aromatic rings. The first kappa shape index (κ1) is 23.4. The van der Waals surface area contributed by atoms with Gasteiger partial charge in [0.15, 0.2) is 11.5 Å². The van der Waals surface area contributed by atoms with Gasteiger partial charge in [-0.1, -0.05) is 6.07 Å². The average molecular weight is 446 g/mol. The van der Waals surface area contributed by atoms with Crippen molar-refractivity contribution in [3.05, 3.63) is 54.1 Å². The van der Waals surface area contributed by atoms with Crippen molar-refractivity contribution in [3.8, 4) is 17.2 Å². The Morgan fingerprint density at radius 3 is 2.53 bits per heavy atom. The van der Waals surface area contributed by atoms with Crippen molar-refractivity contribution in [2.24, 2.45) is 0 Å². The lowest BCUT2D eigenvalue weighted by Crippen LogP contribution is -2.34. The van der Waals surface area contributed by atoms with Gasteiger partial charge in [0.2, 0.25) is 5.91 Å². The van der Waals surface area contributed by atoms with Gasteiger partial charge in [0.05, 0.1) is 13.7 Å². The molecule has 0 unspecified atom stereocenters. The molecule has 0 aromatic heterocycles. The number of anilines is 1. The number of carbonyl (C=O) groups is 1. The van der Waals surface area contributed by atoms with Crippen molar-refractivity contribution in [1.29, 1.82) is 0 Å². The third-order valence-electron chi connectivity index (χ3n) is 5.15. The Balaban J connectivity index is 1.62. The van der Waals surface area contributed by atoms with Gasteiger partial charge in [-0.05, 0) is 61.4 Å². The third-order valence-corrected chi connectivity index (χ3v) is 5.15. The molecular formula is C24H28F2N2O4. The summed E-state index contributed by atoms with van der Waals surface area (Å²) in [4.78, 5) is 16.8. The van der Waals surface area contributed by atoms with E-state index in [1.807, 2.05) is 29.2 Å². The minimum Gasteiger partial charge on any atom is -0.497 e. The van der Waals surface area contributed by atoms with Gasteiger partial charge in [-0.3, -0.25) is 4.79 Å². The highest BCUT2D eigenvalue weighted by atomic mass is 19.3. The number of carbonyl (C=O) groups excluding carboxylic acids is 1. The van der Waals surface area contributed by atoms with Crippen LogP contribution in [0.4, 0.5) is 14.5 Å². The molecule has 8 heteroatoms. The highest BCUT2D eigenvalue weighted by Crippen LogP contribution is 2.30. The van der Waals surface area contributed by atoms with Gasteiger partial charge in [-0.25, -0.2) is 0 Å². The highest BCUT2D eigenvalue weighted by molar-refractivity contribution is 5.92. The van der Waals surface area contributed by atoms with E-state index in [0.29, 0.717) is 25.3 Å². The molecule has 1 amide bonds. The molecule has 6 nitrogen and oxygen atoms in total. The summed E-state index contributed by atoms with van der Waals surface area (Å²) < 4.78 is 40.2. The molecule has 0 atom stereocenters. The van der Waals surface area contributed by atoms with Gasteiger partial charge in [0, 0.05) is 37.9 Å². The molecule has 0 spiro atoms. The number of hydrogen-bond donors (Lipinski definition) is 0. The number of methoxy groups -OCH3 is 1. The maximum absolute atomic E-state index is 12.7. The molecule has 2 aromatic carbocycles. The zero-order chi connectivity index (χ0) is 22.9. The van der Waals surface area contributed by atoms with Crippen LogP contribution in [0.3, 0.4) is 0 Å². The Kier molecular flexibility index (Phi) is 8.30. The van der Waals surface area contributed by atoms with Crippen LogP contribution in [-0.4, -0.2) is 57.3 Å². The van der Waals surface area contributed by atoms with Crippen LogP contribution < -0.4 is 19.1 Å². The Bertz CT molecular complexity index is 919. The van der Waals surface area contributed by atoms with E-state index in [1.165, 1.54) is 12.1 Å². The molecule has 172 valence electrons. The van der Waals surface area contributed by atoms with Crippen molar-refractivity contribution in [2.45, 2.75) is 20.0 Å². The first-order valence-electron chi connectivity index (χ1n) is 10.6. The van der Waals surface area contributed by atoms with Crippen LogP contribution in [0.5, 0.6) is 17.2 Å². The summed E-state index contributed by atoms with van der Waals surface area (Å²) in [7, 11) is 1.64. The number of alkyl halides is 2. The standard InChI is InChI=1S/C24H28F2N2O4/c1-3-31-22-17-18(5-11-21(22)32-24(25)26)6-12-23(29)28-14-4-13-27(15-16-28)19-7-9-20(30-2)10-8-19/h5-12,17,24H,3-4,13-16H2,1-2H3/b12-6+. The van der Waals surface area contributed by atoms with Gasteiger partial charge in [-0.2, -0.15) is 8.78 Å². The Hall–Kier alpha value is -3.29. The number of ether oxygens (including phenoxy) is 3. The van der Waals surface area contributed by atoms with E-state index in [2.05, 4.69) is 9.64 Å². The van der Waals surface area contributed by atoms with Crippen LogP contribution >= 0.6 is 0 Å². The zero-order valence-electron chi connectivity index (χ0n) is 18.3. The van der Waals surface area contributed by atoms with E-state index in [9.17, 15) is 13.6 Å². The van der Waals surface area contributed by atoms with Crippen LogP contribution in [-0.2, 0) is 4.79 Å². The number of halogens is 2. The van der Waals surface area contributed by atoms with E-state index in [-0.39, 0.29) is 17.4 Å². The summed E-state index contributed by atoms with van der Waals surface area (Å²) in [5.41, 5.74) is 1.77. The molecule has 1 aliphatic heterocycles. The number of benzene rings is 2. The molecule has 0 N–H and O–H groups in total. The van der Waals surface area contributed by atoms with Crippen LogP contribution in [0, 0.1) is 0 Å². The van der Waals surface area contributed by atoms with Crippen molar-refractivity contribution >= 4 is 17.7 Å². The summed E-state index contributed by atoms with van der Waals surface area (Å²) >= 11 is 0. The molecule has 0 radical (unpaired) electrons. The summed E-state index contributed by atoms with van der Waals surface area (Å²) in [6.07, 6.45) is 4.02. The Morgan fingerprint density at radius 2 is 1.84 bits per heavy atom. The fraction of sp³-hybridized carbons (Fsp3) is 0.375. The lowest BCUT2D eigenvalue weighted by molar-refractivity contribution is -0.125. The lowest BCUT2D eigenvalue weighted by Gasteiger charge is -2.23. The fourth-order valence-electron chi connectivity index (χ4n) is 3.55. The fourth-order valence-corrected chi connectivity index (χ4v) is 3.55. The third kappa shape index (κ3) is 6.35. The second-order valence-electron chi connectivity index (χ2n) is 7.21.